The van der Waals surface area contributed by atoms with Crippen molar-refractivity contribution in [2.24, 2.45) is 0 Å². The highest BCUT2D eigenvalue weighted by atomic mass is 16.2. The summed E-state index contributed by atoms with van der Waals surface area (Å²) in [5, 5.41) is 10.7. The van der Waals surface area contributed by atoms with Gasteiger partial charge in [0.15, 0.2) is 0 Å². The molecule has 26 heavy (non-hydrogen) atoms. The van der Waals surface area contributed by atoms with Crippen LogP contribution in [0, 0.1) is 6.92 Å². The van der Waals surface area contributed by atoms with Crippen LogP contribution >= 0.6 is 0 Å². The molecule has 0 saturated carbocycles. The van der Waals surface area contributed by atoms with Crippen LogP contribution in [0.4, 0.5) is 22.2 Å². The minimum absolute atomic E-state index is 0.268. The summed E-state index contributed by atoms with van der Waals surface area (Å²) >= 11 is 0. The molecule has 1 aromatic carbocycles. The van der Waals surface area contributed by atoms with E-state index in [0.717, 1.165) is 35.9 Å². The first-order valence-corrected chi connectivity index (χ1v) is 8.65. The molecule has 3 N–H and O–H groups in total. The number of urea groups is 1. The maximum Gasteiger partial charge on any atom is 0.326 e. The first-order chi connectivity index (χ1) is 12.6. The molecule has 0 aliphatic heterocycles. The molecule has 0 saturated heterocycles. The van der Waals surface area contributed by atoms with Gasteiger partial charge in [-0.15, -0.1) is 0 Å². The number of unbranched alkanes of at least 4 members (excludes halogenated alkanes) is 1. The number of hydrogen-bond acceptors (Lipinski definition) is 5. The zero-order valence-electron chi connectivity index (χ0n) is 14.9. The van der Waals surface area contributed by atoms with E-state index in [1.165, 1.54) is 0 Å². The van der Waals surface area contributed by atoms with Crippen molar-refractivity contribution in [3.05, 3.63) is 48.4 Å². The van der Waals surface area contributed by atoms with E-state index in [1.807, 2.05) is 37.3 Å². The maximum absolute atomic E-state index is 12.3. The van der Waals surface area contributed by atoms with Crippen molar-refractivity contribution in [2.45, 2.75) is 26.7 Å². The van der Waals surface area contributed by atoms with Crippen LogP contribution in [0.3, 0.4) is 0 Å². The average molecular weight is 350 g/mol. The lowest BCUT2D eigenvalue weighted by Crippen LogP contribution is -2.21. The third-order valence-corrected chi connectivity index (χ3v) is 3.81. The molecule has 7 nitrogen and oxygen atoms in total. The largest absolute Gasteiger partial charge is 0.370 e. The first kappa shape index (κ1) is 17.6. The van der Waals surface area contributed by atoms with Crippen LogP contribution < -0.4 is 16.0 Å². The molecule has 0 aliphatic carbocycles. The van der Waals surface area contributed by atoms with E-state index in [0.29, 0.717) is 11.5 Å². The second-order valence-electron chi connectivity index (χ2n) is 6.02. The Morgan fingerprint density at radius 2 is 1.96 bits per heavy atom. The van der Waals surface area contributed by atoms with Crippen molar-refractivity contribution in [1.29, 1.82) is 0 Å². The highest BCUT2D eigenvalue weighted by Gasteiger charge is 2.08. The van der Waals surface area contributed by atoms with Crippen molar-refractivity contribution < 1.29 is 4.79 Å². The minimum atomic E-state index is -0.390. The van der Waals surface area contributed by atoms with E-state index in [4.69, 9.17) is 0 Å². The van der Waals surface area contributed by atoms with Crippen LogP contribution in [0.1, 0.15) is 25.5 Å². The SMILES string of the molecule is CCCCNc1cc(C)nc(NC(=O)Nc2ccc3ccncc3c2)n1. The summed E-state index contributed by atoms with van der Waals surface area (Å²) < 4.78 is 0. The van der Waals surface area contributed by atoms with Gasteiger partial charge in [0.1, 0.15) is 5.82 Å². The Morgan fingerprint density at radius 1 is 1.08 bits per heavy atom. The Kier molecular flexibility index (Phi) is 5.58. The minimum Gasteiger partial charge on any atom is -0.370 e. The molecule has 2 aromatic heterocycles. The molecule has 3 aromatic rings. The van der Waals surface area contributed by atoms with Gasteiger partial charge in [-0.25, -0.2) is 9.78 Å². The molecular weight excluding hydrogens is 328 g/mol. The van der Waals surface area contributed by atoms with Gasteiger partial charge in [-0.3, -0.25) is 10.3 Å². The summed E-state index contributed by atoms with van der Waals surface area (Å²) in [7, 11) is 0. The maximum atomic E-state index is 12.3. The zero-order chi connectivity index (χ0) is 18.4. The summed E-state index contributed by atoms with van der Waals surface area (Å²) in [6.45, 7) is 4.84. The number of rotatable bonds is 6. The molecule has 3 rings (SSSR count). The average Bonchev–Trinajstić information content (AvgIpc) is 2.61. The van der Waals surface area contributed by atoms with E-state index >= 15 is 0 Å². The number of carbonyl (C=O) groups excluding carboxylic acids is 1. The molecule has 0 fully saturated rings. The Labute approximate surface area is 152 Å². The van der Waals surface area contributed by atoms with Crippen molar-refractivity contribution in [3.63, 3.8) is 0 Å². The second-order valence-corrected chi connectivity index (χ2v) is 6.02. The number of nitrogens with one attached hydrogen (secondary N) is 3. The highest BCUT2D eigenvalue weighted by molar-refractivity contribution is 6.00. The number of hydrogen-bond donors (Lipinski definition) is 3. The third-order valence-electron chi connectivity index (χ3n) is 3.81. The van der Waals surface area contributed by atoms with Crippen LogP contribution in [-0.4, -0.2) is 27.5 Å². The number of fused-ring (bicyclic) bond motifs is 1. The van der Waals surface area contributed by atoms with Crippen molar-refractivity contribution >= 4 is 34.3 Å². The molecule has 134 valence electrons. The molecule has 7 heteroatoms. The van der Waals surface area contributed by atoms with E-state index < -0.39 is 6.03 Å². The smallest absolute Gasteiger partial charge is 0.326 e. The second kappa shape index (κ2) is 8.24. The fourth-order valence-electron chi connectivity index (χ4n) is 2.53. The predicted octanol–water partition coefficient (Wildman–Crippen LogP) is 4.19. The standard InChI is InChI=1S/C19H22N6O/c1-3-4-8-21-17-10-13(2)22-18(24-17)25-19(26)23-16-6-5-14-7-9-20-12-15(14)11-16/h5-7,9-12H,3-4,8H2,1-2H3,(H3,21,22,23,24,25,26). The van der Waals surface area contributed by atoms with Gasteiger partial charge in [-0.1, -0.05) is 19.4 Å². The lowest BCUT2D eigenvalue weighted by atomic mass is 10.1. The molecular formula is C19H22N6O. The van der Waals surface area contributed by atoms with Crippen LogP contribution in [0.5, 0.6) is 0 Å². The Bertz CT molecular complexity index is 911. The van der Waals surface area contributed by atoms with Gasteiger partial charge in [-0.05, 0) is 36.9 Å². The summed E-state index contributed by atoms with van der Waals surface area (Å²) in [5.41, 5.74) is 1.46. The lowest BCUT2D eigenvalue weighted by Gasteiger charge is -2.10. The molecule has 2 amide bonds. The Morgan fingerprint density at radius 3 is 2.81 bits per heavy atom. The van der Waals surface area contributed by atoms with Gasteiger partial charge in [0.25, 0.3) is 0 Å². The van der Waals surface area contributed by atoms with Gasteiger partial charge in [0, 0.05) is 41.8 Å². The van der Waals surface area contributed by atoms with Crippen molar-refractivity contribution in [2.75, 3.05) is 22.5 Å². The number of carbonyl (C=O) groups is 1. The van der Waals surface area contributed by atoms with E-state index in [9.17, 15) is 4.79 Å². The van der Waals surface area contributed by atoms with E-state index in [1.54, 1.807) is 12.4 Å². The number of amides is 2. The fraction of sp³-hybridized carbons (Fsp3) is 0.263. The number of anilines is 3. The molecule has 0 unspecified atom stereocenters. The van der Waals surface area contributed by atoms with Gasteiger partial charge in [0.2, 0.25) is 5.95 Å². The molecule has 0 radical (unpaired) electrons. The van der Waals surface area contributed by atoms with Gasteiger partial charge in [0.05, 0.1) is 0 Å². The van der Waals surface area contributed by atoms with Crippen LogP contribution in [-0.2, 0) is 0 Å². The van der Waals surface area contributed by atoms with Gasteiger partial charge >= 0.3 is 6.03 Å². The monoisotopic (exact) mass is 350 g/mol. The zero-order valence-corrected chi connectivity index (χ0v) is 14.9. The molecule has 0 spiro atoms. The van der Waals surface area contributed by atoms with Crippen LogP contribution in [0.25, 0.3) is 10.8 Å². The summed E-state index contributed by atoms with van der Waals surface area (Å²) in [6, 6.07) is 9.04. The van der Waals surface area contributed by atoms with Crippen molar-refractivity contribution in [1.82, 2.24) is 15.0 Å². The number of aryl methyl sites for hydroxylation is 1. The van der Waals surface area contributed by atoms with Gasteiger partial charge in [-0.2, -0.15) is 4.98 Å². The highest BCUT2D eigenvalue weighted by Crippen LogP contribution is 2.18. The predicted molar refractivity (Wildman–Crippen MR) is 105 cm³/mol. The molecule has 2 heterocycles. The summed E-state index contributed by atoms with van der Waals surface area (Å²) in [4.78, 5) is 25.0. The first-order valence-electron chi connectivity index (χ1n) is 8.65. The Hall–Kier alpha value is -3.22. The Balaban J connectivity index is 1.66. The summed E-state index contributed by atoms with van der Waals surface area (Å²) in [5.74, 6) is 0.974. The topological polar surface area (TPSA) is 91.8 Å². The van der Waals surface area contributed by atoms with E-state index in [-0.39, 0.29) is 5.95 Å². The lowest BCUT2D eigenvalue weighted by molar-refractivity contribution is 0.262. The third kappa shape index (κ3) is 4.66. The number of nitrogens with zero attached hydrogens (tertiary/aromatic N) is 3. The van der Waals surface area contributed by atoms with Crippen LogP contribution in [0.2, 0.25) is 0 Å². The molecule has 0 aliphatic rings. The number of pyridine rings is 1. The summed E-state index contributed by atoms with van der Waals surface area (Å²) in [6.07, 6.45) is 5.66. The fourth-order valence-corrected chi connectivity index (χ4v) is 2.53. The number of benzene rings is 1. The number of aromatic nitrogens is 3. The molecule has 0 atom stereocenters. The molecule has 0 bridgehead atoms. The van der Waals surface area contributed by atoms with Crippen molar-refractivity contribution in [3.8, 4) is 0 Å². The van der Waals surface area contributed by atoms with Gasteiger partial charge < -0.3 is 10.6 Å². The quantitative estimate of drug-likeness (QED) is 0.580. The van der Waals surface area contributed by atoms with E-state index in [2.05, 4.69) is 37.8 Å². The van der Waals surface area contributed by atoms with Crippen LogP contribution in [0.15, 0.2) is 42.7 Å². The normalized spacial score (nSPS) is 10.5.